The van der Waals surface area contributed by atoms with Crippen LogP contribution in [0.5, 0.6) is 0 Å². The topological polar surface area (TPSA) is 113 Å². The van der Waals surface area contributed by atoms with Crippen molar-refractivity contribution in [2.24, 2.45) is 5.41 Å². The monoisotopic (exact) mass is 1020 g/mol. The molecule has 1 N–H and O–H groups in total. The maximum Gasteiger partial charge on any atom is 0.193 e. The van der Waals surface area contributed by atoms with Crippen LogP contribution < -0.4 is 0 Å². The summed E-state index contributed by atoms with van der Waals surface area (Å²) in [4.78, 5) is 0. The van der Waals surface area contributed by atoms with Crippen LogP contribution in [0.25, 0.3) is 0 Å². The second kappa shape index (κ2) is 27.2. The first-order valence-electron chi connectivity index (χ1n) is 26.1. The first-order valence-corrected chi connectivity index (χ1v) is 29.1. The minimum absolute atomic E-state index is 0.0459. The van der Waals surface area contributed by atoms with Crippen molar-refractivity contribution in [3.8, 4) is 0 Å². The SMILES string of the molecule is CC(C(C)(C)C)[Si](C)(C)O[C@@H]1O[C@H](COCc2ccccc2)[C@@H](O[C@@H]2O[C@H](COCc3ccccc3)[C@H](OCc3ccccc3)[C@H](O)[C@H]2OCc2ccccc2)[C@H](OCc2ccccc2)[C@H]1OCc1ccccc1. The lowest BCUT2D eigenvalue weighted by atomic mass is 9.93. The molecule has 2 aliphatic heterocycles. The Balaban J connectivity index is 1.19. The Bertz CT molecular complexity index is 2480. The number of aliphatic hydroxyl groups is 1. The Kier molecular flexibility index (Phi) is 20.4. The van der Waals surface area contributed by atoms with Crippen LogP contribution >= 0.6 is 0 Å². The van der Waals surface area contributed by atoms with Gasteiger partial charge in [-0.25, -0.2) is 0 Å². The molecule has 0 amide bonds. The highest BCUT2D eigenvalue weighted by atomic mass is 28.4. The Morgan fingerprint density at radius 3 is 1.15 bits per heavy atom. The van der Waals surface area contributed by atoms with Crippen LogP contribution in [-0.2, 0) is 86.7 Å². The van der Waals surface area contributed by atoms with Crippen molar-refractivity contribution in [1.29, 1.82) is 0 Å². The van der Waals surface area contributed by atoms with E-state index in [2.05, 4.69) is 40.8 Å². The fraction of sp³-hybridized carbons (Fsp3) is 0.419. The molecular weight excluding hydrogens is 949 g/mol. The molecule has 8 rings (SSSR count). The van der Waals surface area contributed by atoms with E-state index in [-0.39, 0.29) is 50.6 Å². The third kappa shape index (κ3) is 15.8. The van der Waals surface area contributed by atoms with E-state index in [1.165, 1.54) is 0 Å². The van der Waals surface area contributed by atoms with Crippen LogP contribution in [0.4, 0.5) is 0 Å². The molecular formula is C62H76O11Si. The van der Waals surface area contributed by atoms with E-state index in [1.54, 1.807) is 0 Å². The smallest absolute Gasteiger partial charge is 0.193 e. The summed E-state index contributed by atoms with van der Waals surface area (Å²) in [5.41, 5.74) is 5.98. The van der Waals surface area contributed by atoms with Crippen LogP contribution in [0.1, 0.15) is 61.1 Å². The van der Waals surface area contributed by atoms with Crippen molar-refractivity contribution in [2.75, 3.05) is 13.2 Å². The molecule has 11 atom stereocenters. The van der Waals surface area contributed by atoms with E-state index >= 15 is 0 Å². The minimum Gasteiger partial charge on any atom is -0.390 e. The highest BCUT2D eigenvalue weighted by molar-refractivity contribution is 6.72. The number of hydrogen-bond acceptors (Lipinski definition) is 11. The summed E-state index contributed by atoms with van der Waals surface area (Å²) < 4.78 is 69.8. The maximum absolute atomic E-state index is 12.8. The summed E-state index contributed by atoms with van der Waals surface area (Å²) in [6, 6.07) is 59.8. The van der Waals surface area contributed by atoms with Gasteiger partial charge in [0.1, 0.15) is 48.8 Å². The highest BCUT2D eigenvalue weighted by Gasteiger charge is 2.55. The number of benzene rings is 6. The summed E-state index contributed by atoms with van der Waals surface area (Å²) in [6.45, 7) is 15.2. The molecule has 2 fully saturated rings. The Hall–Kier alpha value is -4.90. The van der Waals surface area contributed by atoms with Gasteiger partial charge in [0.25, 0.3) is 0 Å². The van der Waals surface area contributed by atoms with Crippen molar-refractivity contribution in [3.63, 3.8) is 0 Å². The van der Waals surface area contributed by atoms with Gasteiger partial charge in [-0.3, -0.25) is 0 Å². The van der Waals surface area contributed by atoms with Gasteiger partial charge in [-0.15, -0.1) is 0 Å². The molecule has 0 bridgehead atoms. The summed E-state index contributed by atoms with van der Waals surface area (Å²) in [6.07, 6.45) is -9.38. The van der Waals surface area contributed by atoms with Gasteiger partial charge in [0.05, 0.1) is 52.9 Å². The second-order valence-corrected chi connectivity index (χ2v) is 25.3. The summed E-state index contributed by atoms with van der Waals surface area (Å²) in [7, 11) is -2.57. The molecule has 2 heterocycles. The van der Waals surface area contributed by atoms with E-state index in [4.69, 9.17) is 47.1 Å². The second-order valence-electron chi connectivity index (χ2n) is 21.0. The quantitative estimate of drug-likeness (QED) is 0.0553. The lowest BCUT2D eigenvalue weighted by Gasteiger charge is -2.51. The largest absolute Gasteiger partial charge is 0.390 e. The van der Waals surface area contributed by atoms with Gasteiger partial charge >= 0.3 is 0 Å². The van der Waals surface area contributed by atoms with Gasteiger partial charge in [-0.2, -0.15) is 0 Å². The Labute approximate surface area is 440 Å². The standard InChI is InChI=1S/C62H76O11Si/c1-45(62(2,3)4)74(5,6)73-61-59(69-42-51-35-23-12-24-36-51)58(68-41-50-33-21-11-22-34-50)56(53(71-61)44-65-38-47-27-15-8-16-28-47)72-60-57(67-40-49-31-19-10-20-32-49)54(63)55(66-39-48-29-17-9-18-30-48)52(70-60)43-64-37-46-25-13-7-14-26-46/h7-36,45,52-61,63H,37-44H2,1-6H3/t45?,52-,53-,54+,55+,56-,57-,58+,59-,60+,61+/m1/s1. The minimum atomic E-state index is -2.57. The van der Waals surface area contributed by atoms with Crippen molar-refractivity contribution >= 4 is 8.32 Å². The molecule has 0 saturated carbocycles. The maximum atomic E-state index is 12.8. The Morgan fingerprint density at radius 1 is 0.432 bits per heavy atom. The third-order valence-electron chi connectivity index (χ3n) is 14.2. The molecule has 6 aromatic carbocycles. The van der Waals surface area contributed by atoms with Crippen molar-refractivity contribution in [3.05, 3.63) is 215 Å². The predicted molar refractivity (Wildman–Crippen MR) is 288 cm³/mol. The summed E-state index contributed by atoms with van der Waals surface area (Å²) in [5, 5.41) is 12.8. The molecule has 1 unspecified atom stereocenters. The summed E-state index contributed by atoms with van der Waals surface area (Å²) >= 11 is 0. The van der Waals surface area contributed by atoms with Gasteiger partial charge in [0, 0.05) is 0 Å². The van der Waals surface area contributed by atoms with Crippen LogP contribution in [0.15, 0.2) is 182 Å². The molecule has 74 heavy (non-hydrogen) atoms. The molecule has 0 spiro atoms. The molecule has 11 nitrogen and oxygen atoms in total. The predicted octanol–water partition coefficient (Wildman–Crippen LogP) is 11.6. The average molecular weight is 1030 g/mol. The van der Waals surface area contributed by atoms with E-state index in [9.17, 15) is 5.11 Å². The van der Waals surface area contributed by atoms with Crippen molar-refractivity contribution < 1.29 is 52.2 Å². The highest BCUT2D eigenvalue weighted by Crippen LogP contribution is 2.42. The number of aliphatic hydroxyl groups excluding tert-OH is 1. The van der Waals surface area contributed by atoms with Gasteiger partial charge in [0.15, 0.2) is 20.9 Å². The Morgan fingerprint density at radius 2 is 0.757 bits per heavy atom. The van der Waals surface area contributed by atoms with Gasteiger partial charge in [0.2, 0.25) is 0 Å². The molecule has 12 heteroatoms. The van der Waals surface area contributed by atoms with Crippen LogP contribution in [0.3, 0.4) is 0 Å². The molecule has 0 aromatic heterocycles. The normalized spacial score (nSPS) is 24.9. The lowest BCUT2D eigenvalue weighted by Crippen LogP contribution is -2.67. The van der Waals surface area contributed by atoms with Crippen molar-refractivity contribution in [1.82, 2.24) is 0 Å². The van der Waals surface area contributed by atoms with Crippen molar-refractivity contribution in [2.45, 2.75) is 147 Å². The molecule has 2 aliphatic rings. The first kappa shape index (κ1) is 55.3. The van der Waals surface area contributed by atoms with E-state index < -0.39 is 69.7 Å². The number of hydrogen-bond donors (Lipinski definition) is 1. The zero-order valence-electron chi connectivity index (χ0n) is 43.9. The average Bonchev–Trinajstić information content (AvgIpc) is 3.41. The van der Waals surface area contributed by atoms with Crippen LogP contribution in [0.2, 0.25) is 18.6 Å². The van der Waals surface area contributed by atoms with Gasteiger partial charge < -0.3 is 52.2 Å². The van der Waals surface area contributed by atoms with Gasteiger partial charge in [-0.05, 0) is 57.4 Å². The molecule has 6 aromatic rings. The zero-order chi connectivity index (χ0) is 51.8. The lowest BCUT2D eigenvalue weighted by molar-refractivity contribution is -0.369. The molecule has 394 valence electrons. The molecule has 0 aliphatic carbocycles. The van der Waals surface area contributed by atoms with Crippen LogP contribution in [0, 0.1) is 5.41 Å². The molecule has 0 radical (unpaired) electrons. The fourth-order valence-electron chi connectivity index (χ4n) is 9.56. The van der Waals surface area contributed by atoms with E-state index in [0.717, 1.165) is 33.4 Å². The third-order valence-corrected chi connectivity index (χ3v) is 18.0. The van der Waals surface area contributed by atoms with Crippen LogP contribution in [-0.4, -0.2) is 88.0 Å². The zero-order valence-corrected chi connectivity index (χ0v) is 44.9. The van der Waals surface area contributed by atoms with Gasteiger partial charge in [-0.1, -0.05) is 210 Å². The first-order chi connectivity index (χ1) is 35.9. The summed E-state index contributed by atoms with van der Waals surface area (Å²) in [5.74, 6) is 0. The molecule has 2 saturated heterocycles. The van der Waals surface area contributed by atoms with E-state index in [1.807, 2.05) is 182 Å². The number of rotatable bonds is 25. The fourth-order valence-corrected chi connectivity index (χ4v) is 12.6. The number of ether oxygens (including phenoxy) is 9. The van der Waals surface area contributed by atoms with E-state index in [0.29, 0.717) is 13.2 Å².